The highest BCUT2D eigenvalue weighted by Gasteiger charge is 2.21. The van der Waals surface area contributed by atoms with E-state index >= 15 is 0 Å². The summed E-state index contributed by atoms with van der Waals surface area (Å²) in [5, 5.41) is 24.0. The molecule has 0 amide bonds. The molecule has 3 rings (SSSR count). The molecule has 1 aromatic heterocycles. The molecule has 0 unspecified atom stereocenters. The van der Waals surface area contributed by atoms with E-state index < -0.39 is 6.10 Å². The fourth-order valence-corrected chi connectivity index (χ4v) is 3.14. The molecule has 0 aliphatic heterocycles. The molecular formula is C22H25N3O2. The molecule has 0 radical (unpaired) electrons. The van der Waals surface area contributed by atoms with Gasteiger partial charge in [-0.25, -0.2) is 0 Å². The van der Waals surface area contributed by atoms with Gasteiger partial charge in [0, 0.05) is 29.2 Å². The van der Waals surface area contributed by atoms with Gasteiger partial charge >= 0.3 is 0 Å². The van der Waals surface area contributed by atoms with E-state index in [0.29, 0.717) is 17.9 Å². The SMILES string of the molecule is CC(C)(Cc1c[nH]c2ccccc12)NC[C@@H](O)COc1ccccc1C#N. The smallest absolute Gasteiger partial charge is 0.137 e. The minimum absolute atomic E-state index is 0.134. The molecule has 140 valence electrons. The van der Waals surface area contributed by atoms with Crippen molar-refractivity contribution in [3.05, 3.63) is 65.9 Å². The van der Waals surface area contributed by atoms with Crippen molar-refractivity contribution < 1.29 is 9.84 Å². The maximum atomic E-state index is 10.3. The van der Waals surface area contributed by atoms with Gasteiger partial charge in [0.2, 0.25) is 0 Å². The molecule has 1 atom stereocenters. The molecular weight excluding hydrogens is 338 g/mol. The predicted octanol–water partition coefficient (Wildman–Crippen LogP) is 3.39. The van der Waals surface area contributed by atoms with Crippen molar-refractivity contribution in [2.24, 2.45) is 0 Å². The second kappa shape index (κ2) is 8.26. The minimum atomic E-state index is -0.668. The number of benzene rings is 2. The van der Waals surface area contributed by atoms with E-state index in [2.05, 4.69) is 42.4 Å². The van der Waals surface area contributed by atoms with Crippen LogP contribution >= 0.6 is 0 Å². The first kappa shape index (κ1) is 19.0. The highest BCUT2D eigenvalue weighted by Crippen LogP contribution is 2.22. The Morgan fingerprint density at radius 2 is 1.93 bits per heavy atom. The van der Waals surface area contributed by atoms with Gasteiger partial charge in [0.15, 0.2) is 0 Å². The number of aliphatic hydroxyl groups excluding tert-OH is 1. The number of ether oxygens (including phenoxy) is 1. The summed E-state index contributed by atoms with van der Waals surface area (Å²) in [5.74, 6) is 0.497. The summed E-state index contributed by atoms with van der Waals surface area (Å²) in [6, 6.07) is 17.4. The van der Waals surface area contributed by atoms with Gasteiger partial charge in [-0.2, -0.15) is 5.26 Å². The van der Waals surface area contributed by atoms with Gasteiger partial charge < -0.3 is 20.1 Å². The Bertz CT molecular complexity index is 940. The Kier molecular flexibility index (Phi) is 5.80. The second-order valence-corrected chi connectivity index (χ2v) is 7.37. The van der Waals surface area contributed by atoms with E-state index in [4.69, 9.17) is 10.00 Å². The van der Waals surface area contributed by atoms with Crippen LogP contribution in [0.25, 0.3) is 10.9 Å². The third kappa shape index (κ3) is 4.88. The lowest BCUT2D eigenvalue weighted by molar-refractivity contribution is 0.0987. The van der Waals surface area contributed by atoms with Crippen LogP contribution in [0.15, 0.2) is 54.7 Å². The number of aromatic amines is 1. The number of β-amino-alcohol motifs (C(OH)–C–C–N with tert-alkyl or cyclic N) is 1. The lowest BCUT2D eigenvalue weighted by Crippen LogP contribution is -2.46. The summed E-state index contributed by atoms with van der Waals surface area (Å²) in [6.45, 7) is 4.78. The Morgan fingerprint density at radius 1 is 1.19 bits per heavy atom. The lowest BCUT2D eigenvalue weighted by atomic mass is 9.94. The average molecular weight is 363 g/mol. The quantitative estimate of drug-likeness (QED) is 0.573. The number of H-pyrrole nitrogens is 1. The van der Waals surface area contributed by atoms with Crippen LogP contribution in [-0.2, 0) is 6.42 Å². The Hall–Kier alpha value is -2.81. The summed E-state index contributed by atoms with van der Waals surface area (Å²) >= 11 is 0. The number of rotatable bonds is 8. The van der Waals surface area contributed by atoms with Crippen LogP contribution in [-0.4, -0.2) is 34.9 Å². The fourth-order valence-electron chi connectivity index (χ4n) is 3.14. The standard InChI is InChI=1S/C22H25N3O2/c1-22(2,11-17-13-24-20-9-5-4-8-19(17)20)25-14-18(26)15-27-21-10-6-3-7-16(21)12-23/h3-10,13,18,24-26H,11,14-15H2,1-2H3/t18-/m1/s1. The van der Waals surface area contributed by atoms with Crippen molar-refractivity contribution in [3.63, 3.8) is 0 Å². The third-order valence-electron chi connectivity index (χ3n) is 4.56. The molecule has 0 saturated carbocycles. The maximum absolute atomic E-state index is 10.3. The zero-order valence-corrected chi connectivity index (χ0v) is 15.7. The van der Waals surface area contributed by atoms with Crippen LogP contribution in [0.4, 0.5) is 0 Å². The van der Waals surface area contributed by atoms with Crippen LogP contribution in [0.3, 0.4) is 0 Å². The summed E-state index contributed by atoms with van der Waals surface area (Å²) in [5.41, 5.74) is 2.67. The van der Waals surface area contributed by atoms with Crippen molar-refractivity contribution in [3.8, 4) is 11.8 Å². The first-order valence-corrected chi connectivity index (χ1v) is 9.08. The fraction of sp³-hybridized carbons (Fsp3) is 0.318. The zero-order valence-electron chi connectivity index (χ0n) is 15.7. The largest absolute Gasteiger partial charge is 0.489 e. The van der Waals surface area contributed by atoms with Crippen LogP contribution in [0.5, 0.6) is 5.75 Å². The molecule has 0 fully saturated rings. The van der Waals surface area contributed by atoms with Crippen molar-refractivity contribution in [2.45, 2.75) is 31.9 Å². The molecule has 5 nitrogen and oxygen atoms in total. The first-order chi connectivity index (χ1) is 13.0. The second-order valence-electron chi connectivity index (χ2n) is 7.37. The predicted molar refractivity (Wildman–Crippen MR) is 107 cm³/mol. The third-order valence-corrected chi connectivity index (χ3v) is 4.56. The number of aromatic nitrogens is 1. The minimum Gasteiger partial charge on any atom is -0.489 e. The van der Waals surface area contributed by atoms with Crippen molar-refractivity contribution in [2.75, 3.05) is 13.2 Å². The monoisotopic (exact) mass is 363 g/mol. The molecule has 0 saturated heterocycles. The van der Waals surface area contributed by atoms with E-state index in [1.54, 1.807) is 18.2 Å². The van der Waals surface area contributed by atoms with Crippen LogP contribution in [0.2, 0.25) is 0 Å². The number of nitrogens with one attached hydrogen (secondary N) is 2. The molecule has 0 aliphatic carbocycles. The van der Waals surface area contributed by atoms with E-state index in [9.17, 15) is 5.11 Å². The summed E-state index contributed by atoms with van der Waals surface area (Å²) in [6.07, 6.45) is 2.22. The van der Waals surface area contributed by atoms with Gasteiger partial charge in [0.05, 0.1) is 5.56 Å². The van der Waals surface area contributed by atoms with Gasteiger partial charge in [-0.1, -0.05) is 30.3 Å². The van der Waals surface area contributed by atoms with Crippen molar-refractivity contribution >= 4 is 10.9 Å². The Balaban J connectivity index is 1.53. The normalized spacial score (nSPS) is 12.7. The molecule has 3 N–H and O–H groups in total. The summed E-state index contributed by atoms with van der Waals surface area (Å²) in [4.78, 5) is 3.30. The maximum Gasteiger partial charge on any atom is 0.137 e. The number of nitrogens with zero attached hydrogens (tertiary/aromatic N) is 1. The Morgan fingerprint density at radius 3 is 2.74 bits per heavy atom. The molecule has 0 bridgehead atoms. The molecule has 0 spiro atoms. The van der Waals surface area contributed by atoms with Crippen LogP contribution in [0, 0.1) is 11.3 Å². The lowest BCUT2D eigenvalue weighted by Gasteiger charge is -2.28. The van der Waals surface area contributed by atoms with E-state index in [-0.39, 0.29) is 12.1 Å². The number of hydrogen-bond donors (Lipinski definition) is 3. The molecule has 2 aromatic carbocycles. The van der Waals surface area contributed by atoms with Crippen molar-refractivity contribution in [1.82, 2.24) is 10.3 Å². The number of fused-ring (bicyclic) bond motifs is 1. The van der Waals surface area contributed by atoms with Crippen LogP contribution < -0.4 is 10.1 Å². The van der Waals surface area contributed by atoms with Gasteiger partial charge in [0.1, 0.15) is 24.5 Å². The average Bonchev–Trinajstić information content (AvgIpc) is 3.07. The van der Waals surface area contributed by atoms with Crippen LogP contribution in [0.1, 0.15) is 25.0 Å². The molecule has 0 aliphatic rings. The van der Waals surface area contributed by atoms with Gasteiger partial charge in [-0.05, 0) is 44.0 Å². The Labute approximate surface area is 159 Å². The highest BCUT2D eigenvalue weighted by molar-refractivity contribution is 5.83. The molecule has 27 heavy (non-hydrogen) atoms. The number of aliphatic hydroxyl groups is 1. The topological polar surface area (TPSA) is 81.1 Å². The zero-order chi connectivity index (χ0) is 19.3. The van der Waals surface area contributed by atoms with Crippen molar-refractivity contribution in [1.29, 1.82) is 5.26 Å². The van der Waals surface area contributed by atoms with Gasteiger partial charge in [-0.15, -0.1) is 0 Å². The number of nitriles is 1. The van der Waals surface area contributed by atoms with Gasteiger partial charge in [-0.3, -0.25) is 0 Å². The number of para-hydroxylation sites is 2. The highest BCUT2D eigenvalue weighted by atomic mass is 16.5. The first-order valence-electron chi connectivity index (χ1n) is 9.08. The summed E-state index contributed by atoms with van der Waals surface area (Å²) < 4.78 is 5.60. The van der Waals surface area contributed by atoms with E-state index in [1.807, 2.05) is 24.4 Å². The van der Waals surface area contributed by atoms with E-state index in [1.165, 1.54) is 10.9 Å². The number of hydrogen-bond acceptors (Lipinski definition) is 4. The molecule has 3 aromatic rings. The summed E-state index contributed by atoms with van der Waals surface area (Å²) in [7, 11) is 0. The van der Waals surface area contributed by atoms with Gasteiger partial charge in [0.25, 0.3) is 0 Å². The van der Waals surface area contributed by atoms with E-state index in [0.717, 1.165) is 11.9 Å². The molecule has 1 heterocycles. The molecule has 5 heteroatoms.